The van der Waals surface area contributed by atoms with Gasteiger partial charge in [-0.25, -0.2) is 0 Å². The van der Waals surface area contributed by atoms with Gasteiger partial charge in [0.2, 0.25) is 0 Å². The largest absolute Gasteiger partial charge is 0.497 e. The third-order valence-electron chi connectivity index (χ3n) is 4.98. The minimum absolute atomic E-state index is 0.868. The summed E-state index contributed by atoms with van der Waals surface area (Å²) in [5, 5.41) is 7.25. The van der Waals surface area contributed by atoms with E-state index in [4.69, 9.17) is 9.47 Å². The zero-order chi connectivity index (χ0) is 17.0. The maximum Gasteiger partial charge on any atom is 0.119 e. The van der Waals surface area contributed by atoms with Crippen molar-refractivity contribution in [3.8, 4) is 11.5 Å². The van der Waals surface area contributed by atoms with Crippen LogP contribution in [0.2, 0.25) is 0 Å². The number of hydrogen-bond acceptors (Lipinski definition) is 2. The van der Waals surface area contributed by atoms with Crippen molar-refractivity contribution >= 4 is 43.4 Å². The number of aromatic amines is 1. The van der Waals surface area contributed by atoms with Gasteiger partial charge in [0.15, 0.2) is 0 Å². The number of ether oxygens (including phenoxy) is 2. The van der Waals surface area contributed by atoms with Crippen molar-refractivity contribution in [1.82, 2.24) is 4.98 Å². The van der Waals surface area contributed by atoms with Gasteiger partial charge in [-0.15, -0.1) is 0 Å². The molecule has 122 valence electrons. The highest BCUT2D eigenvalue weighted by Gasteiger charge is 2.12. The smallest absolute Gasteiger partial charge is 0.119 e. The summed E-state index contributed by atoms with van der Waals surface area (Å²) in [5.74, 6) is 1.74. The summed E-state index contributed by atoms with van der Waals surface area (Å²) in [6.07, 6.45) is 0. The molecule has 0 spiro atoms. The van der Waals surface area contributed by atoms with Crippen molar-refractivity contribution in [3.05, 3.63) is 60.7 Å². The first-order valence-corrected chi connectivity index (χ1v) is 8.27. The number of aromatic nitrogens is 1. The molecular formula is C22H17NO2. The Balaban J connectivity index is 2.05. The molecule has 1 heterocycles. The summed E-state index contributed by atoms with van der Waals surface area (Å²) in [4.78, 5) is 3.56. The van der Waals surface area contributed by atoms with Gasteiger partial charge in [-0.1, -0.05) is 24.3 Å². The Morgan fingerprint density at radius 3 is 1.48 bits per heavy atom. The number of fused-ring (bicyclic) bond motifs is 7. The summed E-state index contributed by atoms with van der Waals surface area (Å²) in [5.41, 5.74) is 2.26. The van der Waals surface area contributed by atoms with Crippen LogP contribution in [-0.4, -0.2) is 19.2 Å². The minimum atomic E-state index is 0.868. The Labute approximate surface area is 144 Å². The average Bonchev–Trinajstić information content (AvgIpc) is 3.06. The Morgan fingerprint density at radius 2 is 1.04 bits per heavy atom. The predicted molar refractivity (Wildman–Crippen MR) is 104 cm³/mol. The van der Waals surface area contributed by atoms with Gasteiger partial charge in [-0.05, 0) is 57.9 Å². The lowest BCUT2D eigenvalue weighted by molar-refractivity contribution is 0.415. The molecule has 1 N–H and O–H groups in total. The van der Waals surface area contributed by atoms with Crippen LogP contribution in [0.1, 0.15) is 0 Å². The highest BCUT2D eigenvalue weighted by Crippen LogP contribution is 2.38. The highest BCUT2D eigenvalue weighted by atomic mass is 16.5. The number of nitrogens with one attached hydrogen (secondary N) is 1. The molecule has 0 radical (unpaired) electrons. The standard InChI is InChI=1S/C22H17NO2/c1-24-15-7-3-13-5-9-19-21(17(13)11-15)22-18-12-16(25-2)8-4-14(18)6-10-20(22)23-19/h3-12,23H,1-2H3. The second kappa shape index (κ2) is 5.15. The molecule has 0 saturated heterocycles. The highest BCUT2D eigenvalue weighted by molar-refractivity contribution is 6.27. The zero-order valence-electron chi connectivity index (χ0n) is 14.1. The molecular weight excluding hydrogens is 310 g/mol. The molecule has 1 aromatic heterocycles. The summed E-state index contributed by atoms with van der Waals surface area (Å²) < 4.78 is 10.9. The van der Waals surface area contributed by atoms with E-state index in [-0.39, 0.29) is 0 Å². The third-order valence-corrected chi connectivity index (χ3v) is 4.98. The Bertz CT molecular complexity index is 1170. The third kappa shape index (κ3) is 1.99. The molecule has 0 unspecified atom stereocenters. The molecule has 3 nitrogen and oxygen atoms in total. The van der Waals surface area contributed by atoms with Gasteiger partial charge in [0.1, 0.15) is 11.5 Å². The van der Waals surface area contributed by atoms with E-state index in [0.29, 0.717) is 0 Å². The summed E-state index contributed by atoms with van der Waals surface area (Å²) in [6, 6.07) is 21.1. The van der Waals surface area contributed by atoms with Gasteiger partial charge in [-0.3, -0.25) is 0 Å². The van der Waals surface area contributed by atoms with E-state index in [1.807, 2.05) is 12.1 Å². The van der Waals surface area contributed by atoms with Crippen molar-refractivity contribution in [1.29, 1.82) is 0 Å². The first-order chi connectivity index (χ1) is 12.3. The number of methoxy groups -OCH3 is 2. The number of benzene rings is 4. The molecule has 0 aliphatic carbocycles. The number of rotatable bonds is 2. The van der Waals surface area contributed by atoms with Crippen molar-refractivity contribution < 1.29 is 9.47 Å². The van der Waals surface area contributed by atoms with Crippen molar-refractivity contribution in [2.75, 3.05) is 14.2 Å². The number of H-pyrrole nitrogens is 1. The predicted octanol–water partition coefficient (Wildman–Crippen LogP) is 5.64. The van der Waals surface area contributed by atoms with Gasteiger partial charge < -0.3 is 14.5 Å². The van der Waals surface area contributed by atoms with Crippen molar-refractivity contribution in [2.24, 2.45) is 0 Å². The van der Waals surface area contributed by atoms with E-state index in [2.05, 4.69) is 53.5 Å². The zero-order valence-corrected chi connectivity index (χ0v) is 14.1. The molecule has 0 aliphatic rings. The summed E-state index contributed by atoms with van der Waals surface area (Å²) in [7, 11) is 3.41. The average molecular weight is 327 g/mol. The fraction of sp³-hybridized carbons (Fsp3) is 0.0909. The topological polar surface area (TPSA) is 34.2 Å². The van der Waals surface area contributed by atoms with E-state index in [1.54, 1.807) is 14.2 Å². The van der Waals surface area contributed by atoms with Gasteiger partial charge in [-0.2, -0.15) is 0 Å². The lowest BCUT2D eigenvalue weighted by atomic mass is 9.99. The van der Waals surface area contributed by atoms with Gasteiger partial charge in [0, 0.05) is 21.8 Å². The maximum absolute atomic E-state index is 5.45. The van der Waals surface area contributed by atoms with Crippen LogP contribution in [0.3, 0.4) is 0 Å². The van der Waals surface area contributed by atoms with Gasteiger partial charge in [0.05, 0.1) is 14.2 Å². The second-order valence-electron chi connectivity index (χ2n) is 6.28. The molecule has 4 aromatic carbocycles. The molecule has 0 saturated carbocycles. The van der Waals surface area contributed by atoms with Crippen LogP contribution >= 0.6 is 0 Å². The molecule has 25 heavy (non-hydrogen) atoms. The van der Waals surface area contributed by atoms with Crippen LogP contribution in [0.25, 0.3) is 43.4 Å². The van der Waals surface area contributed by atoms with Crippen LogP contribution in [0.4, 0.5) is 0 Å². The van der Waals surface area contributed by atoms with Crippen LogP contribution in [0.5, 0.6) is 11.5 Å². The first kappa shape index (κ1) is 14.2. The summed E-state index contributed by atoms with van der Waals surface area (Å²) >= 11 is 0. The normalized spacial score (nSPS) is 11.6. The second-order valence-corrected chi connectivity index (χ2v) is 6.28. The van der Waals surface area contributed by atoms with Crippen LogP contribution in [-0.2, 0) is 0 Å². The molecule has 0 amide bonds. The Morgan fingerprint density at radius 1 is 0.600 bits per heavy atom. The van der Waals surface area contributed by atoms with Gasteiger partial charge in [0.25, 0.3) is 0 Å². The van der Waals surface area contributed by atoms with Crippen LogP contribution in [0, 0.1) is 0 Å². The monoisotopic (exact) mass is 327 g/mol. The summed E-state index contributed by atoms with van der Waals surface area (Å²) in [6.45, 7) is 0. The maximum atomic E-state index is 5.45. The van der Waals surface area contributed by atoms with E-state index in [9.17, 15) is 0 Å². The fourth-order valence-corrected chi connectivity index (χ4v) is 3.74. The molecule has 3 heteroatoms. The minimum Gasteiger partial charge on any atom is -0.497 e. The van der Waals surface area contributed by atoms with Gasteiger partial charge >= 0.3 is 0 Å². The lowest BCUT2D eigenvalue weighted by Crippen LogP contribution is -1.84. The van der Waals surface area contributed by atoms with E-state index >= 15 is 0 Å². The molecule has 5 rings (SSSR count). The van der Waals surface area contributed by atoms with Crippen LogP contribution in [0.15, 0.2) is 60.7 Å². The Kier molecular flexibility index (Phi) is 2.92. The van der Waals surface area contributed by atoms with E-state index in [1.165, 1.54) is 32.3 Å². The molecule has 0 fully saturated rings. The quantitative estimate of drug-likeness (QED) is 0.455. The Hall–Kier alpha value is -3.20. The molecule has 5 aromatic rings. The number of hydrogen-bond donors (Lipinski definition) is 1. The van der Waals surface area contributed by atoms with Crippen LogP contribution < -0.4 is 9.47 Å². The fourth-order valence-electron chi connectivity index (χ4n) is 3.74. The molecule has 0 atom stereocenters. The molecule has 0 bridgehead atoms. The van der Waals surface area contributed by atoms with E-state index in [0.717, 1.165) is 22.5 Å². The van der Waals surface area contributed by atoms with Crippen molar-refractivity contribution in [3.63, 3.8) is 0 Å². The van der Waals surface area contributed by atoms with E-state index < -0.39 is 0 Å². The molecule has 0 aliphatic heterocycles. The van der Waals surface area contributed by atoms with Crippen molar-refractivity contribution in [2.45, 2.75) is 0 Å². The lowest BCUT2D eigenvalue weighted by Gasteiger charge is -2.07. The first-order valence-electron chi connectivity index (χ1n) is 8.27. The SMILES string of the molecule is COc1ccc2ccc3[nH]c4ccc5ccc(OC)cc5c4c3c2c1.